The first-order chi connectivity index (χ1) is 12.5. The van der Waals surface area contributed by atoms with Gasteiger partial charge in [-0.2, -0.15) is 0 Å². The molecule has 0 atom stereocenters. The predicted octanol–water partition coefficient (Wildman–Crippen LogP) is 3.86. The first kappa shape index (κ1) is 15.3. The second-order valence-electron chi connectivity index (χ2n) is 6.78. The van der Waals surface area contributed by atoms with Crippen LogP contribution in [0.25, 0.3) is 33.0 Å². The third kappa shape index (κ3) is 2.07. The number of para-hydroxylation sites is 1. The van der Waals surface area contributed by atoms with E-state index in [-0.39, 0.29) is 5.56 Å². The van der Waals surface area contributed by atoms with Crippen LogP contribution in [0.15, 0.2) is 41.2 Å². The second kappa shape index (κ2) is 5.29. The number of fused-ring (bicyclic) bond motifs is 4. The maximum absolute atomic E-state index is 13.1. The summed E-state index contributed by atoms with van der Waals surface area (Å²) in [7, 11) is 0. The van der Waals surface area contributed by atoms with E-state index in [1.165, 1.54) is 22.5 Å². The van der Waals surface area contributed by atoms with Gasteiger partial charge in [0.25, 0.3) is 5.56 Å². The molecule has 0 aliphatic heterocycles. The van der Waals surface area contributed by atoms with Crippen molar-refractivity contribution in [2.45, 2.75) is 20.8 Å². The zero-order valence-electron chi connectivity index (χ0n) is 14.8. The molecule has 0 bridgehead atoms. The quantitative estimate of drug-likeness (QED) is 0.494. The van der Waals surface area contributed by atoms with Gasteiger partial charge in [-0.15, -0.1) is 0 Å². The Morgan fingerprint density at radius 2 is 1.88 bits per heavy atom. The highest BCUT2D eigenvalue weighted by Gasteiger charge is 2.13. The molecule has 3 heterocycles. The number of hydrogen-bond acceptors (Lipinski definition) is 3. The molecule has 0 saturated carbocycles. The van der Waals surface area contributed by atoms with Gasteiger partial charge in [-0.3, -0.25) is 4.79 Å². The highest BCUT2D eigenvalue weighted by atomic mass is 32.1. The summed E-state index contributed by atoms with van der Waals surface area (Å²) < 4.78 is 2.45. The van der Waals surface area contributed by atoms with E-state index in [1.807, 2.05) is 25.1 Å². The Labute approximate surface area is 153 Å². The number of aryl methyl sites for hydroxylation is 3. The van der Waals surface area contributed by atoms with E-state index in [0.29, 0.717) is 4.53 Å². The molecular weight excluding hydrogens is 342 g/mol. The van der Waals surface area contributed by atoms with Crippen molar-refractivity contribution in [1.82, 2.24) is 14.4 Å². The lowest BCUT2D eigenvalue weighted by molar-refractivity contribution is 1.18. The summed E-state index contributed by atoms with van der Waals surface area (Å²) in [6.45, 7) is 6.17. The minimum Gasteiger partial charge on any atom is -0.358 e. The van der Waals surface area contributed by atoms with Crippen LogP contribution in [0.4, 0.5) is 0 Å². The zero-order valence-corrected chi connectivity index (χ0v) is 15.6. The molecule has 3 aromatic heterocycles. The highest BCUT2D eigenvalue weighted by molar-refractivity contribution is 7.15. The molecule has 0 unspecified atom stereocenters. The molecule has 0 aliphatic rings. The summed E-state index contributed by atoms with van der Waals surface area (Å²) in [4.78, 5) is 21.9. The molecule has 1 N–H and O–H groups in total. The van der Waals surface area contributed by atoms with Crippen molar-refractivity contribution in [2.75, 3.05) is 0 Å². The predicted molar refractivity (Wildman–Crippen MR) is 108 cm³/mol. The van der Waals surface area contributed by atoms with Crippen molar-refractivity contribution >= 4 is 44.3 Å². The average molecular weight is 359 g/mol. The molecule has 26 heavy (non-hydrogen) atoms. The zero-order chi connectivity index (χ0) is 18.0. The molecular formula is C21H17N3OS. The van der Waals surface area contributed by atoms with E-state index in [2.05, 4.69) is 48.1 Å². The Balaban J connectivity index is 1.83. The number of aromatic amines is 1. The van der Waals surface area contributed by atoms with Gasteiger partial charge >= 0.3 is 0 Å². The average Bonchev–Trinajstić information content (AvgIpc) is 3.21. The molecule has 0 fully saturated rings. The van der Waals surface area contributed by atoms with Crippen LogP contribution >= 0.6 is 11.3 Å². The number of thiazole rings is 1. The van der Waals surface area contributed by atoms with E-state index in [4.69, 9.17) is 0 Å². The van der Waals surface area contributed by atoms with Crippen LogP contribution in [0.5, 0.6) is 0 Å². The molecule has 5 rings (SSSR count). The van der Waals surface area contributed by atoms with Crippen LogP contribution in [-0.4, -0.2) is 14.4 Å². The lowest BCUT2D eigenvalue weighted by Crippen LogP contribution is -2.22. The van der Waals surface area contributed by atoms with E-state index in [1.54, 1.807) is 4.40 Å². The minimum atomic E-state index is 0.000402. The molecule has 2 aromatic carbocycles. The molecule has 0 spiro atoms. The Morgan fingerprint density at radius 1 is 1.12 bits per heavy atom. The standard InChI is InChI=1S/C21H17N3OS/c1-11-8-17-18(9-12(11)2)24-20(25)19(26-21(24)23-17)10-15-13(3)22-16-7-5-4-6-14(15)16/h4-10,22H,1-3H3/b19-10+. The van der Waals surface area contributed by atoms with Gasteiger partial charge in [0, 0.05) is 22.2 Å². The van der Waals surface area contributed by atoms with E-state index < -0.39 is 0 Å². The number of H-pyrrole nitrogens is 1. The van der Waals surface area contributed by atoms with Crippen molar-refractivity contribution in [2.24, 2.45) is 0 Å². The van der Waals surface area contributed by atoms with Gasteiger partial charge < -0.3 is 4.98 Å². The molecule has 5 aromatic rings. The first-order valence-electron chi connectivity index (χ1n) is 8.54. The number of nitrogens with one attached hydrogen (secondary N) is 1. The van der Waals surface area contributed by atoms with Gasteiger partial charge in [-0.05, 0) is 56.2 Å². The van der Waals surface area contributed by atoms with Gasteiger partial charge in [0.15, 0.2) is 4.96 Å². The summed E-state index contributed by atoms with van der Waals surface area (Å²) in [6.07, 6.45) is 1.99. The normalized spacial score (nSPS) is 12.8. The van der Waals surface area contributed by atoms with Gasteiger partial charge in [0.2, 0.25) is 0 Å². The number of aromatic nitrogens is 3. The molecule has 0 amide bonds. The maximum atomic E-state index is 13.1. The Bertz CT molecular complexity index is 1440. The van der Waals surface area contributed by atoms with Crippen LogP contribution in [0.2, 0.25) is 0 Å². The number of imidazole rings is 1. The maximum Gasteiger partial charge on any atom is 0.274 e. The Hall–Kier alpha value is -2.92. The fraction of sp³-hybridized carbons (Fsp3) is 0.143. The highest BCUT2D eigenvalue weighted by Crippen LogP contribution is 2.23. The summed E-state index contributed by atoms with van der Waals surface area (Å²) in [5.41, 5.74) is 7.35. The van der Waals surface area contributed by atoms with Crippen LogP contribution in [0.1, 0.15) is 22.4 Å². The summed E-state index contributed by atoms with van der Waals surface area (Å²) >= 11 is 1.45. The van der Waals surface area contributed by atoms with E-state index in [9.17, 15) is 4.79 Å². The third-order valence-electron chi connectivity index (χ3n) is 5.07. The van der Waals surface area contributed by atoms with Gasteiger partial charge in [-0.1, -0.05) is 29.5 Å². The van der Waals surface area contributed by atoms with Crippen LogP contribution in [0, 0.1) is 20.8 Å². The van der Waals surface area contributed by atoms with Gasteiger partial charge in [0.1, 0.15) is 0 Å². The fourth-order valence-electron chi connectivity index (χ4n) is 3.53. The molecule has 4 nitrogen and oxygen atoms in total. The fourth-order valence-corrected chi connectivity index (χ4v) is 4.50. The van der Waals surface area contributed by atoms with Gasteiger partial charge in [0.05, 0.1) is 15.6 Å². The molecule has 0 saturated heterocycles. The molecule has 5 heteroatoms. The van der Waals surface area contributed by atoms with Crippen molar-refractivity contribution < 1.29 is 0 Å². The summed E-state index contributed by atoms with van der Waals surface area (Å²) in [5.74, 6) is 0. The van der Waals surface area contributed by atoms with Crippen molar-refractivity contribution in [3.05, 3.63) is 73.7 Å². The monoisotopic (exact) mass is 359 g/mol. The summed E-state index contributed by atoms with van der Waals surface area (Å²) in [6, 6.07) is 12.3. The van der Waals surface area contributed by atoms with Crippen molar-refractivity contribution in [1.29, 1.82) is 0 Å². The number of rotatable bonds is 1. The molecule has 0 radical (unpaired) electrons. The van der Waals surface area contributed by atoms with Crippen LogP contribution < -0.4 is 10.1 Å². The second-order valence-corrected chi connectivity index (χ2v) is 7.79. The molecule has 0 aliphatic carbocycles. The SMILES string of the molecule is Cc1cc2nc3s/c(=C/c4c(C)[nH]c5ccccc45)c(=O)n3c2cc1C. The third-order valence-corrected chi connectivity index (χ3v) is 6.04. The lowest BCUT2D eigenvalue weighted by atomic mass is 10.1. The summed E-state index contributed by atoms with van der Waals surface area (Å²) in [5, 5.41) is 1.13. The van der Waals surface area contributed by atoms with Crippen LogP contribution in [-0.2, 0) is 0 Å². The molecule has 128 valence electrons. The Morgan fingerprint density at radius 3 is 2.73 bits per heavy atom. The number of hydrogen-bond donors (Lipinski definition) is 1. The lowest BCUT2D eigenvalue weighted by Gasteiger charge is -1.98. The minimum absolute atomic E-state index is 0.000402. The van der Waals surface area contributed by atoms with Crippen molar-refractivity contribution in [3.63, 3.8) is 0 Å². The van der Waals surface area contributed by atoms with Gasteiger partial charge in [-0.25, -0.2) is 9.38 Å². The van der Waals surface area contributed by atoms with Crippen LogP contribution in [0.3, 0.4) is 0 Å². The number of nitrogens with zero attached hydrogens (tertiary/aromatic N) is 2. The first-order valence-corrected chi connectivity index (χ1v) is 9.36. The van der Waals surface area contributed by atoms with E-state index >= 15 is 0 Å². The smallest absolute Gasteiger partial charge is 0.274 e. The Kier molecular flexibility index (Phi) is 3.12. The topological polar surface area (TPSA) is 50.2 Å². The number of benzene rings is 2. The van der Waals surface area contributed by atoms with E-state index in [0.717, 1.165) is 38.2 Å². The largest absolute Gasteiger partial charge is 0.358 e. The van der Waals surface area contributed by atoms with Crippen molar-refractivity contribution in [3.8, 4) is 0 Å².